The number of nitrogens with two attached hydrogens (primary N) is 1. The van der Waals surface area contributed by atoms with E-state index in [1.165, 1.54) is 6.07 Å². The molecule has 0 aromatic heterocycles. The monoisotopic (exact) mass is 226 g/mol. The standard InChI is InChI=1S/C10H11FN2O3/c11-8-3-4-10(9(7-8)13(14)15)16-6-2-1-5-12/h1-4,7H,5-6,12H2. The van der Waals surface area contributed by atoms with Gasteiger partial charge in [-0.2, -0.15) is 0 Å². The number of rotatable bonds is 5. The summed E-state index contributed by atoms with van der Waals surface area (Å²) in [6.07, 6.45) is 3.29. The summed E-state index contributed by atoms with van der Waals surface area (Å²) in [7, 11) is 0. The summed E-state index contributed by atoms with van der Waals surface area (Å²) in [5.74, 6) is -0.635. The number of nitrogens with zero attached hydrogens (tertiary/aromatic N) is 1. The Morgan fingerprint density at radius 1 is 1.50 bits per heavy atom. The third-order valence-corrected chi connectivity index (χ3v) is 1.76. The van der Waals surface area contributed by atoms with Crippen LogP contribution < -0.4 is 10.5 Å². The van der Waals surface area contributed by atoms with Gasteiger partial charge >= 0.3 is 5.69 Å². The van der Waals surface area contributed by atoms with Crippen molar-refractivity contribution >= 4 is 5.69 Å². The van der Waals surface area contributed by atoms with Gasteiger partial charge in [0, 0.05) is 6.54 Å². The van der Waals surface area contributed by atoms with E-state index >= 15 is 0 Å². The molecule has 0 aliphatic rings. The van der Waals surface area contributed by atoms with Gasteiger partial charge in [-0.3, -0.25) is 10.1 Å². The molecule has 0 heterocycles. The molecule has 0 atom stereocenters. The average Bonchev–Trinajstić information content (AvgIpc) is 2.26. The summed E-state index contributed by atoms with van der Waals surface area (Å²) in [4.78, 5) is 9.89. The number of halogens is 1. The van der Waals surface area contributed by atoms with E-state index in [-0.39, 0.29) is 18.0 Å². The molecule has 0 spiro atoms. The molecule has 2 N–H and O–H groups in total. The van der Waals surface area contributed by atoms with Crippen molar-refractivity contribution in [2.24, 2.45) is 5.73 Å². The van der Waals surface area contributed by atoms with Gasteiger partial charge in [0.1, 0.15) is 12.4 Å². The topological polar surface area (TPSA) is 78.4 Å². The maximum Gasteiger partial charge on any atom is 0.313 e. The molecular weight excluding hydrogens is 215 g/mol. The van der Waals surface area contributed by atoms with E-state index < -0.39 is 10.7 Å². The van der Waals surface area contributed by atoms with E-state index in [1.807, 2.05) is 0 Å². The quantitative estimate of drug-likeness (QED) is 0.470. The van der Waals surface area contributed by atoms with Gasteiger partial charge in [0.05, 0.1) is 11.0 Å². The zero-order chi connectivity index (χ0) is 12.0. The van der Waals surface area contributed by atoms with Crippen LogP contribution in [0.4, 0.5) is 10.1 Å². The maximum absolute atomic E-state index is 12.8. The van der Waals surface area contributed by atoms with Crippen molar-refractivity contribution in [3.63, 3.8) is 0 Å². The van der Waals surface area contributed by atoms with Crippen LogP contribution in [-0.2, 0) is 0 Å². The second-order valence-corrected chi connectivity index (χ2v) is 2.89. The zero-order valence-electron chi connectivity index (χ0n) is 8.43. The van der Waals surface area contributed by atoms with Gasteiger partial charge in [-0.15, -0.1) is 0 Å². The van der Waals surface area contributed by atoms with Crippen LogP contribution >= 0.6 is 0 Å². The Kier molecular flexibility index (Phi) is 4.41. The van der Waals surface area contributed by atoms with Crippen LogP contribution in [0.2, 0.25) is 0 Å². The number of hydrogen-bond acceptors (Lipinski definition) is 4. The Morgan fingerprint density at radius 3 is 2.88 bits per heavy atom. The summed E-state index contributed by atoms with van der Waals surface area (Å²) in [5.41, 5.74) is 4.82. The summed E-state index contributed by atoms with van der Waals surface area (Å²) < 4.78 is 17.9. The molecule has 0 fully saturated rings. The SMILES string of the molecule is NCC=CCOc1ccc(F)cc1[N+](=O)[O-]. The first-order valence-electron chi connectivity index (χ1n) is 4.57. The number of ether oxygens (including phenoxy) is 1. The lowest BCUT2D eigenvalue weighted by Crippen LogP contribution is -2.00. The van der Waals surface area contributed by atoms with Crippen molar-refractivity contribution in [1.82, 2.24) is 0 Å². The molecule has 0 unspecified atom stereocenters. The van der Waals surface area contributed by atoms with Crippen LogP contribution in [0.5, 0.6) is 5.75 Å². The van der Waals surface area contributed by atoms with E-state index in [0.717, 1.165) is 12.1 Å². The van der Waals surface area contributed by atoms with Gasteiger partial charge in [0.25, 0.3) is 0 Å². The molecule has 1 aromatic carbocycles. The zero-order valence-corrected chi connectivity index (χ0v) is 8.43. The molecule has 1 rings (SSSR count). The van der Waals surface area contributed by atoms with Crippen LogP contribution in [0.3, 0.4) is 0 Å². The van der Waals surface area contributed by atoms with E-state index in [9.17, 15) is 14.5 Å². The molecule has 0 saturated carbocycles. The number of nitro benzene ring substituents is 1. The molecular formula is C10H11FN2O3. The van der Waals surface area contributed by atoms with Crippen molar-refractivity contribution in [1.29, 1.82) is 0 Å². The summed E-state index contributed by atoms with van der Waals surface area (Å²) in [5, 5.41) is 10.6. The third-order valence-electron chi connectivity index (χ3n) is 1.76. The Morgan fingerprint density at radius 2 is 2.25 bits per heavy atom. The molecule has 0 aliphatic heterocycles. The lowest BCUT2D eigenvalue weighted by molar-refractivity contribution is -0.386. The minimum atomic E-state index is -0.689. The van der Waals surface area contributed by atoms with Gasteiger partial charge in [0.2, 0.25) is 0 Å². The first kappa shape index (κ1) is 12.1. The minimum Gasteiger partial charge on any atom is -0.483 e. The van der Waals surface area contributed by atoms with Crippen molar-refractivity contribution < 1.29 is 14.1 Å². The van der Waals surface area contributed by atoms with E-state index in [2.05, 4.69) is 0 Å². The summed E-state index contributed by atoms with van der Waals surface area (Å²) in [6.45, 7) is 0.526. The fourth-order valence-corrected chi connectivity index (χ4v) is 1.06. The highest BCUT2D eigenvalue weighted by molar-refractivity contribution is 5.46. The number of hydrogen-bond donors (Lipinski definition) is 1. The number of benzene rings is 1. The van der Waals surface area contributed by atoms with Gasteiger partial charge in [-0.1, -0.05) is 12.2 Å². The van der Waals surface area contributed by atoms with E-state index in [4.69, 9.17) is 10.5 Å². The Hall–Kier alpha value is -1.95. The molecule has 0 amide bonds. The second-order valence-electron chi connectivity index (χ2n) is 2.89. The number of nitro groups is 1. The molecule has 0 saturated heterocycles. The predicted octanol–water partition coefficient (Wildman–Crippen LogP) is 1.63. The van der Waals surface area contributed by atoms with E-state index in [0.29, 0.717) is 6.54 Å². The van der Waals surface area contributed by atoms with Crippen LogP contribution in [0.15, 0.2) is 30.4 Å². The van der Waals surface area contributed by atoms with Crippen LogP contribution in [0.25, 0.3) is 0 Å². The van der Waals surface area contributed by atoms with Crippen LogP contribution in [0, 0.1) is 15.9 Å². The highest BCUT2D eigenvalue weighted by Crippen LogP contribution is 2.27. The minimum absolute atomic E-state index is 0.0353. The molecule has 16 heavy (non-hydrogen) atoms. The van der Waals surface area contributed by atoms with Crippen LogP contribution in [0.1, 0.15) is 0 Å². The molecule has 86 valence electrons. The van der Waals surface area contributed by atoms with Crippen molar-refractivity contribution in [3.8, 4) is 5.75 Å². The molecule has 0 radical (unpaired) electrons. The summed E-state index contributed by atoms with van der Waals surface area (Å²) >= 11 is 0. The van der Waals surface area contributed by atoms with Crippen molar-refractivity contribution in [3.05, 3.63) is 46.3 Å². The molecule has 0 aliphatic carbocycles. The predicted molar refractivity (Wildman–Crippen MR) is 56.7 cm³/mol. The maximum atomic E-state index is 12.8. The average molecular weight is 226 g/mol. The fourth-order valence-electron chi connectivity index (χ4n) is 1.06. The second kappa shape index (κ2) is 5.82. The van der Waals surface area contributed by atoms with Crippen molar-refractivity contribution in [2.75, 3.05) is 13.2 Å². The first-order chi connectivity index (χ1) is 7.65. The lowest BCUT2D eigenvalue weighted by atomic mass is 10.3. The Balaban J connectivity index is 2.78. The van der Waals surface area contributed by atoms with Gasteiger partial charge in [-0.25, -0.2) is 4.39 Å². The van der Waals surface area contributed by atoms with Crippen LogP contribution in [-0.4, -0.2) is 18.1 Å². The fraction of sp³-hybridized carbons (Fsp3) is 0.200. The first-order valence-corrected chi connectivity index (χ1v) is 4.57. The normalized spacial score (nSPS) is 10.6. The molecule has 6 heteroatoms. The Bertz CT molecular complexity index is 407. The highest BCUT2D eigenvalue weighted by Gasteiger charge is 2.15. The van der Waals surface area contributed by atoms with Gasteiger partial charge in [0.15, 0.2) is 5.75 Å². The molecule has 0 bridgehead atoms. The summed E-state index contributed by atoms with van der Waals surface area (Å²) in [6, 6.07) is 3.15. The lowest BCUT2D eigenvalue weighted by Gasteiger charge is -2.03. The Labute approximate surface area is 91.5 Å². The van der Waals surface area contributed by atoms with Gasteiger partial charge in [-0.05, 0) is 12.1 Å². The smallest absolute Gasteiger partial charge is 0.313 e. The molecule has 1 aromatic rings. The molecule has 5 nitrogen and oxygen atoms in total. The van der Waals surface area contributed by atoms with Gasteiger partial charge < -0.3 is 10.5 Å². The third kappa shape index (κ3) is 3.32. The van der Waals surface area contributed by atoms with E-state index in [1.54, 1.807) is 12.2 Å². The van der Waals surface area contributed by atoms with Crippen molar-refractivity contribution in [2.45, 2.75) is 0 Å². The highest BCUT2D eigenvalue weighted by atomic mass is 19.1. The largest absolute Gasteiger partial charge is 0.483 e.